The molecule has 0 bridgehead atoms. The highest BCUT2D eigenvalue weighted by molar-refractivity contribution is 7.86. The Morgan fingerprint density at radius 3 is 2.27 bits per heavy atom. The van der Waals surface area contributed by atoms with E-state index in [0.717, 1.165) is 19.1 Å². The monoisotopic (exact) mass is 178 g/mol. The van der Waals surface area contributed by atoms with Crippen LogP contribution in [0.5, 0.6) is 0 Å². The smallest absolute Gasteiger partial charge is 0.264 e. The maximum Gasteiger partial charge on any atom is 0.264 e. The molecular weight excluding hydrogens is 164 g/mol. The van der Waals surface area contributed by atoms with E-state index in [1.165, 1.54) is 6.42 Å². The second-order valence-corrected chi connectivity index (χ2v) is 4.80. The first-order valence-corrected chi connectivity index (χ1v) is 5.69. The van der Waals surface area contributed by atoms with Crippen molar-refractivity contribution in [3.8, 4) is 0 Å². The lowest BCUT2D eigenvalue weighted by Gasteiger charge is -2.30. The minimum absolute atomic E-state index is 0.126. The predicted octanol–water partition coefficient (Wildman–Crippen LogP) is 1.15. The number of rotatable bonds is 3. The Bertz CT molecular complexity index is 216. The Labute approximate surface area is 67.9 Å². The average molecular weight is 178 g/mol. The summed E-state index contributed by atoms with van der Waals surface area (Å²) in [5, 5.41) is 0. The van der Waals surface area contributed by atoms with Crippen LogP contribution in [-0.2, 0) is 14.3 Å². The first-order valence-electron chi connectivity index (χ1n) is 3.87. The van der Waals surface area contributed by atoms with Crippen LogP contribution in [0.25, 0.3) is 0 Å². The van der Waals surface area contributed by atoms with Crippen molar-refractivity contribution in [2.24, 2.45) is 5.92 Å². The van der Waals surface area contributed by atoms with Crippen LogP contribution in [0, 0.1) is 5.92 Å². The Kier molecular flexibility index (Phi) is 2.54. The van der Waals surface area contributed by atoms with Gasteiger partial charge in [-0.3, -0.25) is 4.18 Å². The summed E-state index contributed by atoms with van der Waals surface area (Å²) >= 11 is 0. The third kappa shape index (κ3) is 2.79. The Hall–Kier alpha value is -0.0900. The quantitative estimate of drug-likeness (QED) is 0.609. The SMILES string of the molecule is C[C@@H](OS(C)(=O)=O)C1CCC1. The van der Waals surface area contributed by atoms with Gasteiger partial charge in [-0.1, -0.05) is 6.42 Å². The molecule has 0 N–H and O–H groups in total. The maximum absolute atomic E-state index is 10.7. The van der Waals surface area contributed by atoms with Crippen LogP contribution in [0.3, 0.4) is 0 Å². The first-order chi connectivity index (χ1) is 4.99. The summed E-state index contributed by atoms with van der Waals surface area (Å²) in [5.74, 6) is 0.463. The van der Waals surface area contributed by atoms with Crippen molar-refractivity contribution in [3.05, 3.63) is 0 Å². The number of hydrogen-bond acceptors (Lipinski definition) is 3. The van der Waals surface area contributed by atoms with E-state index < -0.39 is 10.1 Å². The van der Waals surface area contributed by atoms with Crippen molar-refractivity contribution in [3.63, 3.8) is 0 Å². The van der Waals surface area contributed by atoms with Crippen LogP contribution < -0.4 is 0 Å². The van der Waals surface area contributed by atoms with Crippen molar-refractivity contribution in [2.75, 3.05) is 6.26 Å². The van der Waals surface area contributed by atoms with Crippen molar-refractivity contribution in [2.45, 2.75) is 32.3 Å². The summed E-state index contributed by atoms with van der Waals surface area (Å²) < 4.78 is 26.1. The molecule has 3 nitrogen and oxygen atoms in total. The zero-order valence-electron chi connectivity index (χ0n) is 6.91. The Balaban J connectivity index is 2.36. The molecular formula is C7H14O3S. The Morgan fingerprint density at radius 2 is 2.00 bits per heavy atom. The van der Waals surface area contributed by atoms with Gasteiger partial charge in [-0.05, 0) is 25.7 Å². The molecule has 0 saturated heterocycles. The van der Waals surface area contributed by atoms with E-state index in [9.17, 15) is 8.42 Å². The summed E-state index contributed by atoms with van der Waals surface area (Å²) in [7, 11) is -3.24. The normalized spacial score (nSPS) is 22.7. The standard InChI is InChI=1S/C7H14O3S/c1-6(7-4-3-5-7)10-11(2,8)9/h6-7H,3-5H2,1-2H3/t6-/m1/s1. The molecule has 1 saturated carbocycles. The first kappa shape index (κ1) is 9.00. The van der Waals surface area contributed by atoms with Crippen LogP contribution in [0.15, 0.2) is 0 Å². The molecule has 1 fully saturated rings. The van der Waals surface area contributed by atoms with E-state index in [-0.39, 0.29) is 6.10 Å². The van der Waals surface area contributed by atoms with E-state index >= 15 is 0 Å². The molecule has 0 aliphatic heterocycles. The van der Waals surface area contributed by atoms with E-state index in [0.29, 0.717) is 5.92 Å². The summed E-state index contributed by atoms with van der Waals surface area (Å²) in [6, 6.07) is 0. The summed E-state index contributed by atoms with van der Waals surface area (Å²) in [5.41, 5.74) is 0. The van der Waals surface area contributed by atoms with Crippen LogP contribution in [0.4, 0.5) is 0 Å². The van der Waals surface area contributed by atoms with Crippen LogP contribution >= 0.6 is 0 Å². The minimum atomic E-state index is -3.24. The lowest BCUT2D eigenvalue weighted by Crippen LogP contribution is -2.28. The molecule has 0 aromatic heterocycles. The van der Waals surface area contributed by atoms with Gasteiger partial charge in [0.1, 0.15) is 0 Å². The minimum Gasteiger partial charge on any atom is -0.267 e. The molecule has 66 valence electrons. The van der Waals surface area contributed by atoms with Crippen molar-refractivity contribution < 1.29 is 12.6 Å². The topological polar surface area (TPSA) is 43.4 Å². The van der Waals surface area contributed by atoms with Gasteiger partial charge < -0.3 is 0 Å². The fourth-order valence-electron chi connectivity index (χ4n) is 1.26. The van der Waals surface area contributed by atoms with E-state index in [4.69, 9.17) is 4.18 Å². The van der Waals surface area contributed by atoms with Gasteiger partial charge in [0.2, 0.25) is 0 Å². The summed E-state index contributed by atoms with van der Waals surface area (Å²) in [6.07, 6.45) is 4.40. The van der Waals surface area contributed by atoms with Crippen molar-refractivity contribution >= 4 is 10.1 Å². The van der Waals surface area contributed by atoms with Crippen LogP contribution in [0.2, 0.25) is 0 Å². The lowest BCUT2D eigenvalue weighted by molar-refractivity contribution is 0.106. The summed E-state index contributed by atoms with van der Waals surface area (Å²) in [4.78, 5) is 0. The zero-order chi connectivity index (χ0) is 8.48. The molecule has 0 heterocycles. The molecule has 1 aliphatic carbocycles. The third-order valence-electron chi connectivity index (χ3n) is 2.14. The molecule has 4 heteroatoms. The predicted molar refractivity (Wildman–Crippen MR) is 42.7 cm³/mol. The molecule has 0 unspecified atom stereocenters. The third-order valence-corrected chi connectivity index (χ3v) is 2.79. The fourth-order valence-corrected chi connectivity index (χ4v) is 1.97. The lowest BCUT2D eigenvalue weighted by atomic mass is 9.82. The molecule has 1 aliphatic rings. The molecule has 1 atom stereocenters. The highest BCUT2D eigenvalue weighted by atomic mass is 32.2. The van der Waals surface area contributed by atoms with Gasteiger partial charge >= 0.3 is 0 Å². The highest BCUT2D eigenvalue weighted by Gasteiger charge is 2.26. The van der Waals surface area contributed by atoms with Gasteiger partial charge in [-0.2, -0.15) is 8.42 Å². The van der Waals surface area contributed by atoms with Crippen LogP contribution in [0.1, 0.15) is 26.2 Å². The van der Waals surface area contributed by atoms with Gasteiger partial charge in [0.15, 0.2) is 0 Å². The fraction of sp³-hybridized carbons (Fsp3) is 1.00. The largest absolute Gasteiger partial charge is 0.267 e. The van der Waals surface area contributed by atoms with E-state index in [2.05, 4.69) is 0 Å². The number of hydrogen-bond donors (Lipinski definition) is 0. The molecule has 0 spiro atoms. The highest BCUT2D eigenvalue weighted by Crippen LogP contribution is 2.31. The second kappa shape index (κ2) is 3.11. The molecule has 0 aromatic rings. The summed E-state index contributed by atoms with van der Waals surface area (Å²) in [6.45, 7) is 1.82. The molecule has 0 aromatic carbocycles. The Morgan fingerprint density at radius 1 is 1.45 bits per heavy atom. The molecule has 11 heavy (non-hydrogen) atoms. The van der Waals surface area contributed by atoms with Gasteiger partial charge in [-0.15, -0.1) is 0 Å². The van der Waals surface area contributed by atoms with Gasteiger partial charge in [0, 0.05) is 0 Å². The van der Waals surface area contributed by atoms with Gasteiger partial charge in [0.25, 0.3) is 10.1 Å². The van der Waals surface area contributed by atoms with Crippen LogP contribution in [-0.4, -0.2) is 20.8 Å². The van der Waals surface area contributed by atoms with Gasteiger partial charge in [0.05, 0.1) is 12.4 Å². The maximum atomic E-state index is 10.7. The molecule has 1 rings (SSSR count). The second-order valence-electron chi connectivity index (χ2n) is 3.20. The van der Waals surface area contributed by atoms with Crippen molar-refractivity contribution in [1.29, 1.82) is 0 Å². The zero-order valence-corrected chi connectivity index (χ0v) is 7.73. The molecule has 0 radical (unpaired) electrons. The average Bonchev–Trinajstić information content (AvgIpc) is 1.50. The van der Waals surface area contributed by atoms with E-state index in [1.807, 2.05) is 6.92 Å². The van der Waals surface area contributed by atoms with Crippen molar-refractivity contribution in [1.82, 2.24) is 0 Å². The molecule has 0 amide bonds. The van der Waals surface area contributed by atoms with E-state index in [1.54, 1.807) is 0 Å². The van der Waals surface area contributed by atoms with Gasteiger partial charge in [-0.25, -0.2) is 0 Å².